The van der Waals surface area contributed by atoms with E-state index in [0.29, 0.717) is 0 Å². The van der Waals surface area contributed by atoms with Crippen molar-refractivity contribution in [2.75, 3.05) is 0 Å². The van der Waals surface area contributed by atoms with E-state index in [4.69, 9.17) is 0 Å². The molecule has 1 aliphatic rings. The van der Waals surface area contributed by atoms with Gasteiger partial charge >= 0.3 is 0 Å². The van der Waals surface area contributed by atoms with E-state index in [1.807, 2.05) is 0 Å². The van der Waals surface area contributed by atoms with E-state index in [1.165, 1.54) is 97.7 Å². The Kier molecular flexibility index (Phi) is 2.83. The second-order valence-electron chi connectivity index (χ2n) is 10.5. The molecule has 10 rings (SSSR count). The van der Waals surface area contributed by atoms with Crippen LogP contribution in [-0.2, 0) is 0 Å². The predicted molar refractivity (Wildman–Crippen MR) is 156 cm³/mol. The summed E-state index contributed by atoms with van der Waals surface area (Å²) < 4.78 is 0. The Hall–Kier alpha value is -4.68. The van der Waals surface area contributed by atoms with Gasteiger partial charge in [-0.25, -0.2) is 0 Å². The number of hydrogen-bond acceptors (Lipinski definition) is 0. The SMILES string of the molecule is c1ccc2cc3c(cc2c1)-c1ccc2c4cc5c(cc4c4ccc-3c1c24)c1cccc2cccc5c21. The Balaban J connectivity index is 1.40. The lowest BCUT2D eigenvalue weighted by molar-refractivity contribution is 1.73. The largest absolute Gasteiger partial charge is 0.0616 e. The zero-order valence-electron chi connectivity index (χ0n) is 19.4. The Morgan fingerprint density at radius 1 is 0.250 bits per heavy atom. The topological polar surface area (TPSA) is 0 Å². The van der Waals surface area contributed by atoms with Crippen molar-refractivity contribution in [3.8, 4) is 22.3 Å². The maximum absolute atomic E-state index is 2.47. The van der Waals surface area contributed by atoms with Crippen molar-refractivity contribution in [2.24, 2.45) is 0 Å². The third-order valence-electron chi connectivity index (χ3n) is 8.85. The first-order chi connectivity index (χ1) is 17.8. The van der Waals surface area contributed by atoms with Crippen LogP contribution in [0.15, 0.2) is 109 Å². The third kappa shape index (κ3) is 1.86. The second-order valence-corrected chi connectivity index (χ2v) is 10.5. The van der Waals surface area contributed by atoms with Gasteiger partial charge in [0.05, 0.1) is 0 Å². The van der Waals surface area contributed by atoms with E-state index >= 15 is 0 Å². The second kappa shape index (κ2) is 5.75. The van der Waals surface area contributed by atoms with Gasteiger partial charge in [0, 0.05) is 0 Å². The molecular formula is C36H18. The summed E-state index contributed by atoms with van der Waals surface area (Å²) in [6.45, 7) is 0. The van der Waals surface area contributed by atoms with Gasteiger partial charge < -0.3 is 0 Å². The van der Waals surface area contributed by atoms with E-state index in [9.17, 15) is 0 Å². The number of benzene rings is 7. The van der Waals surface area contributed by atoms with Gasteiger partial charge in [0.2, 0.25) is 0 Å². The molecule has 0 radical (unpaired) electrons. The minimum Gasteiger partial charge on any atom is -0.0616 e. The van der Waals surface area contributed by atoms with Crippen LogP contribution in [0.1, 0.15) is 0 Å². The van der Waals surface area contributed by atoms with Crippen LogP contribution in [0.25, 0.3) is 97.7 Å². The van der Waals surface area contributed by atoms with Gasteiger partial charge in [-0.3, -0.25) is 0 Å². The molecule has 9 aromatic carbocycles. The highest BCUT2D eigenvalue weighted by Crippen LogP contribution is 2.53. The van der Waals surface area contributed by atoms with Crippen molar-refractivity contribution in [1.29, 1.82) is 0 Å². The average molecular weight is 451 g/mol. The monoisotopic (exact) mass is 450 g/mol. The van der Waals surface area contributed by atoms with Crippen LogP contribution < -0.4 is 0 Å². The molecule has 0 spiro atoms. The first-order valence-electron chi connectivity index (χ1n) is 12.7. The smallest absolute Gasteiger partial charge is 0.00139 e. The van der Waals surface area contributed by atoms with Crippen LogP contribution in [0.3, 0.4) is 0 Å². The van der Waals surface area contributed by atoms with Crippen LogP contribution >= 0.6 is 0 Å². The summed E-state index contributed by atoms with van der Waals surface area (Å²) in [6, 6.07) is 41.3. The van der Waals surface area contributed by atoms with Crippen molar-refractivity contribution < 1.29 is 0 Å². The maximum atomic E-state index is 2.47. The van der Waals surface area contributed by atoms with Crippen molar-refractivity contribution in [1.82, 2.24) is 0 Å². The average Bonchev–Trinajstić information content (AvgIpc) is 3.53. The fourth-order valence-corrected chi connectivity index (χ4v) is 7.36. The van der Waals surface area contributed by atoms with E-state index in [0.717, 1.165) is 0 Å². The summed E-state index contributed by atoms with van der Waals surface area (Å²) in [5.41, 5.74) is 5.49. The summed E-state index contributed by atoms with van der Waals surface area (Å²) >= 11 is 0. The fourth-order valence-electron chi connectivity index (χ4n) is 7.36. The summed E-state index contributed by atoms with van der Waals surface area (Å²) in [6.07, 6.45) is 0. The van der Waals surface area contributed by atoms with Crippen LogP contribution in [0.4, 0.5) is 0 Å². The molecule has 0 saturated heterocycles. The van der Waals surface area contributed by atoms with E-state index in [2.05, 4.69) is 109 Å². The molecule has 0 N–H and O–H groups in total. The van der Waals surface area contributed by atoms with E-state index in [-0.39, 0.29) is 0 Å². The first-order valence-corrected chi connectivity index (χ1v) is 12.7. The lowest BCUT2D eigenvalue weighted by Gasteiger charge is -2.05. The summed E-state index contributed by atoms with van der Waals surface area (Å²) in [7, 11) is 0. The molecule has 0 unspecified atom stereocenters. The molecule has 0 fully saturated rings. The van der Waals surface area contributed by atoms with Crippen LogP contribution in [0, 0.1) is 0 Å². The molecule has 36 heavy (non-hydrogen) atoms. The van der Waals surface area contributed by atoms with Crippen molar-refractivity contribution in [2.45, 2.75) is 0 Å². The lowest BCUT2D eigenvalue weighted by atomic mass is 9.99. The minimum atomic E-state index is 1.31. The van der Waals surface area contributed by atoms with Gasteiger partial charge in [0.25, 0.3) is 0 Å². The van der Waals surface area contributed by atoms with Crippen molar-refractivity contribution >= 4 is 75.4 Å². The quantitative estimate of drug-likeness (QED) is 0.215. The number of fused-ring (bicyclic) bond motifs is 10. The number of hydrogen-bond donors (Lipinski definition) is 0. The first kappa shape index (κ1) is 17.7. The normalized spacial score (nSPS) is 13.0. The van der Waals surface area contributed by atoms with Gasteiger partial charge in [-0.2, -0.15) is 0 Å². The standard InChI is InChI=1S/C36H18/c1-2-6-21-16-29-25-12-14-27-33-18-31-23-10-4-8-19-7-3-9-22(34(19)23)30(31)17-32(33)26-13-11-24(35(25)36(26)27)28(29)15-20(21)5-1/h1-18H. The highest BCUT2D eigenvalue weighted by Gasteiger charge is 2.26. The summed E-state index contributed by atoms with van der Waals surface area (Å²) in [4.78, 5) is 0. The van der Waals surface area contributed by atoms with E-state index in [1.54, 1.807) is 0 Å². The van der Waals surface area contributed by atoms with Gasteiger partial charge in [0.15, 0.2) is 0 Å². The van der Waals surface area contributed by atoms with Gasteiger partial charge in [-0.1, -0.05) is 84.9 Å². The molecular weight excluding hydrogens is 432 g/mol. The third-order valence-corrected chi connectivity index (χ3v) is 8.85. The molecule has 0 aliphatic heterocycles. The van der Waals surface area contributed by atoms with Crippen molar-refractivity contribution in [3.63, 3.8) is 0 Å². The Morgan fingerprint density at radius 2 is 0.722 bits per heavy atom. The summed E-state index contributed by atoms with van der Waals surface area (Å²) in [5.74, 6) is 0. The molecule has 0 heterocycles. The van der Waals surface area contributed by atoms with Gasteiger partial charge in [-0.15, -0.1) is 0 Å². The lowest BCUT2D eigenvalue weighted by Crippen LogP contribution is -1.79. The number of rotatable bonds is 0. The Bertz CT molecular complexity index is 2240. The molecule has 0 nitrogen and oxygen atoms in total. The maximum Gasteiger partial charge on any atom is -0.00139 e. The Labute approximate surface area is 206 Å². The van der Waals surface area contributed by atoms with Crippen molar-refractivity contribution in [3.05, 3.63) is 109 Å². The van der Waals surface area contributed by atoms with Crippen LogP contribution in [0.5, 0.6) is 0 Å². The highest BCUT2D eigenvalue weighted by atomic mass is 14.3. The van der Waals surface area contributed by atoms with E-state index < -0.39 is 0 Å². The molecule has 0 saturated carbocycles. The zero-order valence-corrected chi connectivity index (χ0v) is 19.4. The van der Waals surface area contributed by atoms with Crippen LogP contribution in [0.2, 0.25) is 0 Å². The molecule has 0 bridgehead atoms. The zero-order chi connectivity index (χ0) is 23.1. The van der Waals surface area contributed by atoms with Gasteiger partial charge in [-0.05, 0) is 122 Å². The molecule has 0 atom stereocenters. The highest BCUT2D eigenvalue weighted by molar-refractivity contribution is 6.40. The predicted octanol–water partition coefficient (Wildman–Crippen LogP) is 10.3. The Morgan fingerprint density at radius 3 is 1.25 bits per heavy atom. The molecule has 9 aromatic rings. The fraction of sp³-hybridized carbons (Fsp3) is 0. The molecule has 0 aromatic heterocycles. The van der Waals surface area contributed by atoms with Crippen LogP contribution in [-0.4, -0.2) is 0 Å². The van der Waals surface area contributed by atoms with Gasteiger partial charge in [0.1, 0.15) is 0 Å². The minimum absolute atomic E-state index is 1.31. The molecule has 1 aliphatic carbocycles. The molecule has 0 amide bonds. The molecule has 162 valence electrons. The summed E-state index contributed by atoms with van der Waals surface area (Å²) in [5, 5.41) is 19.2. The molecule has 0 heteroatoms.